The Morgan fingerprint density at radius 2 is 1.44 bits per heavy atom. The molecule has 2 aromatic heterocycles. The molecule has 0 aliphatic carbocycles. The van der Waals surface area contributed by atoms with Gasteiger partial charge >= 0.3 is 18.3 Å². The van der Waals surface area contributed by atoms with Gasteiger partial charge in [-0.15, -0.1) is 0 Å². The Morgan fingerprint density at radius 1 is 0.840 bits per heavy atom. The van der Waals surface area contributed by atoms with Gasteiger partial charge in [0.05, 0.1) is 31.1 Å². The van der Waals surface area contributed by atoms with E-state index in [1.165, 1.54) is 4.90 Å². The first-order chi connectivity index (χ1) is 23.7. The third kappa shape index (κ3) is 12.2. The van der Waals surface area contributed by atoms with Crippen LogP contribution in [0.5, 0.6) is 5.75 Å². The average Bonchev–Trinajstić information content (AvgIpc) is 3.36. The summed E-state index contributed by atoms with van der Waals surface area (Å²) in [6, 6.07) is 18.1. The van der Waals surface area contributed by atoms with Crippen molar-refractivity contribution in [1.29, 1.82) is 0 Å². The monoisotopic (exact) mass is 691 g/mol. The van der Waals surface area contributed by atoms with E-state index in [1.807, 2.05) is 48.5 Å². The molecule has 3 heterocycles. The summed E-state index contributed by atoms with van der Waals surface area (Å²) in [6.45, 7) is 12.1. The van der Waals surface area contributed by atoms with Crippen molar-refractivity contribution < 1.29 is 38.1 Å². The molecule has 1 N–H and O–H groups in total. The van der Waals surface area contributed by atoms with Gasteiger partial charge in [-0.3, -0.25) is 19.8 Å². The molecular formula is C37H49N5O8. The van der Waals surface area contributed by atoms with Crippen LogP contribution >= 0.6 is 0 Å². The minimum atomic E-state index is -1.05. The summed E-state index contributed by atoms with van der Waals surface area (Å²) in [5.74, 6) is 0.669. The highest BCUT2D eigenvalue weighted by Crippen LogP contribution is 2.30. The van der Waals surface area contributed by atoms with E-state index in [9.17, 15) is 14.4 Å². The van der Waals surface area contributed by atoms with Crippen molar-refractivity contribution in [2.24, 2.45) is 0 Å². The topological polar surface area (TPSA) is 142 Å². The summed E-state index contributed by atoms with van der Waals surface area (Å²) < 4.78 is 28.2. The number of carbonyl (C=O) groups excluding carboxylic acids is 3. The van der Waals surface area contributed by atoms with Crippen LogP contribution < -0.4 is 10.1 Å². The molecule has 2 amide bonds. The molecule has 13 heteroatoms. The summed E-state index contributed by atoms with van der Waals surface area (Å²) in [6.07, 6.45) is -0.614. The number of aromatic nitrogens is 2. The van der Waals surface area contributed by atoms with E-state index in [0.29, 0.717) is 25.4 Å². The van der Waals surface area contributed by atoms with Crippen LogP contribution in [0.3, 0.4) is 0 Å². The SMILES string of the molecule is COc1ccc(C[C@H]2[C@H](OC(=O)NCCN(Cc3ccccn3)Cc3ccccn3)[C@H](OC(=O)OC(C)(C)C)CN2C(=O)OC(C)(C)C)cc1. The van der Waals surface area contributed by atoms with Crippen LogP contribution in [0.1, 0.15) is 58.5 Å². The molecule has 1 saturated heterocycles. The molecule has 0 saturated carbocycles. The normalized spacial score (nSPS) is 17.6. The van der Waals surface area contributed by atoms with Crippen LogP contribution in [-0.4, -0.2) is 94.3 Å². The van der Waals surface area contributed by atoms with Gasteiger partial charge in [0.1, 0.15) is 17.0 Å². The summed E-state index contributed by atoms with van der Waals surface area (Å²) in [5, 5.41) is 2.84. The number of ether oxygens (including phenoxy) is 5. The maximum Gasteiger partial charge on any atom is 0.509 e. The number of benzene rings is 1. The first-order valence-electron chi connectivity index (χ1n) is 16.7. The van der Waals surface area contributed by atoms with Crippen LogP contribution in [-0.2, 0) is 38.5 Å². The summed E-state index contributed by atoms with van der Waals surface area (Å²) >= 11 is 0. The zero-order valence-electron chi connectivity index (χ0n) is 30.0. The molecule has 3 aromatic rings. The molecule has 0 radical (unpaired) electrons. The van der Waals surface area contributed by atoms with Gasteiger partial charge in [-0.05, 0) is 89.9 Å². The zero-order chi connectivity index (χ0) is 36.3. The van der Waals surface area contributed by atoms with Gasteiger partial charge in [-0.2, -0.15) is 0 Å². The van der Waals surface area contributed by atoms with Gasteiger partial charge in [0.25, 0.3) is 0 Å². The molecule has 13 nitrogen and oxygen atoms in total. The second-order valence-electron chi connectivity index (χ2n) is 14.0. The molecule has 50 heavy (non-hydrogen) atoms. The lowest BCUT2D eigenvalue weighted by Crippen LogP contribution is -2.46. The highest BCUT2D eigenvalue weighted by Gasteiger charge is 2.50. The van der Waals surface area contributed by atoms with Crippen molar-refractivity contribution in [3.63, 3.8) is 0 Å². The van der Waals surface area contributed by atoms with Gasteiger partial charge in [-0.25, -0.2) is 14.4 Å². The lowest BCUT2D eigenvalue weighted by molar-refractivity contribution is -0.0518. The lowest BCUT2D eigenvalue weighted by Gasteiger charge is -2.30. The number of carbonyl (C=O) groups is 3. The molecule has 0 unspecified atom stereocenters. The molecular weight excluding hydrogens is 642 g/mol. The van der Waals surface area contributed by atoms with Crippen molar-refractivity contribution in [1.82, 2.24) is 25.1 Å². The molecule has 1 aliphatic rings. The van der Waals surface area contributed by atoms with Crippen LogP contribution in [0.25, 0.3) is 0 Å². The van der Waals surface area contributed by atoms with E-state index in [0.717, 1.165) is 17.0 Å². The number of nitrogens with zero attached hydrogens (tertiary/aromatic N) is 4. The van der Waals surface area contributed by atoms with Crippen molar-refractivity contribution in [2.75, 3.05) is 26.7 Å². The Labute approximate surface area is 294 Å². The van der Waals surface area contributed by atoms with Crippen molar-refractivity contribution in [3.05, 3.63) is 90.0 Å². The zero-order valence-corrected chi connectivity index (χ0v) is 30.0. The quantitative estimate of drug-likeness (QED) is 0.183. The molecule has 0 bridgehead atoms. The minimum absolute atomic E-state index is 0.0746. The fraction of sp³-hybridized carbons (Fsp3) is 0.486. The summed E-state index contributed by atoms with van der Waals surface area (Å²) in [5.41, 5.74) is 0.977. The number of pyridine rings is 2. The van der Waals surface area contributed by atoms with Crippen molar-refractivity contribution in [3.8, 4) is 5.75 Å². The van der Waals surface area contributed by atoms with E-state index in [2.05, 4.69) is 20.2 Å². The third-order valence-electron chi connectivity index (χ3n) is 7.56. The maximum atomic E-state index is 13.5. The van der Waals surface area contributed by atoms with Gasteiger partial charge in [-0.1, -0.05) is 24.3 Å². The Bertz CT molecular complexity index is 1490. The predicted molar refractivity (Wildman–Crippen MR) is 185 cm³/mol. The summed E-state index contributed by atoms with van der Waals surface area (Å²) in [7, 11) is 1.58. The highest BCUT2D eigenvalue weighted by molar-refractivity contribution is 5.71. The molecule has 1 aliphatic heterocycles. The number of rotatable bonds is 12. The van der Waals surface area contributed by atoms with Crippen LogP contribution in [0.15, 0.2) is 73.1 Å². The lowest BCUT2D eigenvalue weighted by atomic mass is 10.0. The summed E-state index contributed by atoms with van der Waals surface area (Å²) in [4.78, 5) is 52.3. The fourth-order valence-electron chi connectivity index (χ4n) is 5.41. The molecule has 0 spiro atoms. The first-order valence-corrected chi connectivity index (χ1v) is 16.7. The number of nitrogens with one attached hydrogen (secondary N) is 1. The molecule has 3 atom stereocenters. The van der Waals surface area contributed by atoms with Gasteiger partial charge < -0.3 is 29.0 Å². The number of amides is 2. The largest absolute Gasteiger partial charge is 0.509 e. The molecule has 1 aromatic carbocycles. The first kappa shape index (κ1) is 37.9. The number of alkyl carbamates (subject to hydrolysis) is 1. The second-order valence-corrected chi connectivity index (χ2v) is 14.0. The smallest absolute Gasteiger partial charge is 0.497 e. The van der Waals surface area contributed by atoms with Crippen molar-refractivity contribution in [2.45, 2.75) is 90.5 Å². The third-order valence-corrected chi connectivity index (χ3v) is 7.56. The number of hydrogen-bond donors (Lipinski definition) is 1. The van der Waals surface area contributed by atoms with E-state index >= 15 is 0 Å². The number of likely N-dealkylation sites (tertiary alicyclic amines) is 1. The molecule has 4 rings (SSSR count). The molecule has 270 valence electrons. The van der Waals surface area contributed by atoms with Gasteiger partial charge in [0.15, 0.2) is 12.2 Å². The highest BCUT2D eigenvalue weighted by atomic mass is 16.7. The second kappa shape index (κ2) is 17.1. The Balaban J connectivity index is 1.53. The maximum absolute atomic E-state index is 13.5. The van der Waals surface area contributed by atoms with Gasteiger partial charge in [0.2, 0.25) is 0 Å². The number of hydrogen-bond acceptors (Lipinski definition) is 11. The van der Waals surface area contributed by atoms with E-state index in [4.69, 9.17) is 23.7 Å². The predicted octanol–water partition coefficient (Wildman–Crippen LogP) is 5.76. The standard InChI is InChI=1S/C37H49N5O8/c1-36(2,3)49-34(44)42-25-31(47-35(45)50-37(4,5)6)32(30(42)22-26-14-16-29(46-7)17-15-26)48-33(43)40-20-21-41(23-27-12-8-10-18-38-27)24-28-13-9-11-19-39-28/h8-19,30-32H,20-25H2,1-7H3,(H,40,43)/t30-,31+,32-/m0/s1. The molecule has 1 fully saturated rings. The van der Waals surface area contributed by atoms with Crippen molar-refractivity contribution >= 4 is 18.3 Å². The van der Waals surface area contributed by atoms with E-state index in [1.54, 1.807) is 73.2 Å². The van der Waals surface area contributed by atoms with Crippen LogP contribution in [0, 0.1) is 0 Å². The van der Waals surface area contributed by atoms with E-state index < -0.39 is 47.8 Å². The van der Waals surface area contributed by atoms with E-state index in [-0.39, 0.29) is 19.5 Å². The van der Waals surface area contributed by atoms with Crippen LogP contribution in [0.2, 0.25) is 0 Å². The number of methoxy groups -OCH3 is 1. The fourth-order valence-corrected chi connectivity index (χ4v) is 5.41. The van der Waals surface area contributed by atoms with Gasteiger partial charge in [0, 0.05) is 38.6 Å². The Kier molecular flexibility index (Phi) is 13.0. The Morgan fingerprint density at radius 3 is 1.96 bits per heavy atom. The minimum Gasteiger partial charge on any atom is -0.497 e. The Hall–Kier alpha value is -4.91. The average molecular weight is 692 g/mol. The van der Waals surface area contributed by atoms with Crippen LogP contribution in [0.4, 0.5) is 14.4 Å².